The Balaban J connectivity index is 2.32. The lowest BCUT2D eigenvalue weighted by Crippen LogP contribution is -2.19. The number of oxime groups is 1. The van der Waals surface area contributed by atoms with Crippen LogP contribution < -0.4 is 10.5 Å². The van der Waals surface area contributed by atoms with Gasteiger partial charge >= 0.3 is 0 Å². The molecule has 1 saturated carbocycles. The van der Waals surface area contributed by atoms with Gasteiger partial charge in [-0.25, -0.2) is 4.98 Å². The van der Waals surface area contributed by atoms with Crippen LogP contribution in [0.25, 0.3) is 0 Å². The topological polar surface area (TPSA) is 124 Å². The molecule has 1 aromatic rings. The number of hydrogen-bond acceptors (Lipinski definition) is 6. The van der Waals surface area contributed by atoms with Gasteiger partial charge in [-0.3, -0.25) is 10.1 Å². The fourth-order valence-corrected chi connectivity index (χ4v) is 2.04. The second-order valence-electron chi connectivity index (χ2n) is 4.31. The predicted octanol–water partition coefficient (Wildman–Crippen LogP) is 1.41. The lowest BCUT2D eigenvalue weighted by atomic mass is 10.2. The fourth-order valence-electron chi connectivity index (χ4n) is 2.04. The molecule has 19 heavy (non-hydrogen) atoms. The SMILES string of the molecule is NC(=NO)c1cc([N+](=O)[O-])cnc1OC1CCCC1. The summed E-state index contributed by atoms with van der Waals surface area (Å²) < 4.78 is 5.66. The van der Waals surface area contributed by atoms with E-state index in [4.69, 9.17) is 15.7 Å². The highest BCUT2D eigenvalue weighted by atomic mass is 16.6. The third-order valence-corrected chi connectivity index (χ3v) is 3.01. The van der Waals surface area contributed by atoms with Gasteiger partial charge in [-0.2, -0.15) is 0 Å². The van der Waals surface area contributed by atoms with Crippen LogP contribution >= 0.6 is 0 Å². The summed E-state index contributed by atoms with van der Waals surface area (Å²) in [6.07, 6.45) is 5.10. The predicted molar refractivity (Wildman–Crippen MR) is 66.3 cm³/mol. The highest BCUT2D eigenvalue weighted by Crippen LogP contribution is 2.27. The van der Waals surface area contributed by atoms with Crippen molar-refractivity contribution in [2.45, 2.75) is 31.8 Å². The summed E-state index contributed by atoms with van der Waals surface area (Å²) >= 11 is 0. The Labute approximate surface area is 109 Å². The van der Waals surface area contributed by atoms with Crippen LogP contribution in [0.15, 0.2) is 17.4 Å². The Hall–Kier alpha value is -2.38. The van der Waals surface area contributed by atoms with E-state index < -0.39 is 4.92 Å². The van der Waals surface area contributed by atoms with Crippen molar-refractivity contribution in [3.05, 3.63) is 27.9 Å². The zero-order chi connectivity index (χ0) is 13.8. The maximum Gasteiger partial charge on any atom is 0.288 e. The standard InChI is InChI=1S/C11H14N4O4/c12-10(14-16)9-5-7(15(17)18)6-13-11(9)19-8-3-1-2-4-8/h5-6,8,16H,1-4H2,(H2,12,14). The first-order chi connectivity index (χ1) is 9.11. The number of aromatic nitrogens is 1. The molecule has 0 atom stereocenters. The number of pyridine rings is 1. The third kappa shape index (κ3) is 2.90. The van der Waals surface area contributed by atoms with Gasteiger partial charge < -0.3 is 15.7 Å². The first kappa shape index (κ1) is 13.1. The van der Waals surface area contributed by atoms with E-state index in [1.165, 1.54) is 6.07 Å². The molecule has 0 bridgehead atoms. The Morgan fingerprint density at radius 3 is 2.84 bits per heavy atom. The molecule has 0 unspecified atom stereocenters. The monoisotopic (exact) mass is 266 g/mol. The largest absolute Gasteiger partial charge is 0.474 e. The van der Waals surface area contributed by atoms with E-state index in [0.717, 1.165) is 31.9 Å². The van der Waals surface area contributed by atoms with Crippen molar-refractivity contribution in [3.8, 4) is 5.88 Å². The Bertz CT molecular complexity index is 511. The van der Waals surface area contributed by atoms with E-state index in [-0.39, 0.29) is 29.1 Å². The van der Waals surface area contributed by atoms with Gasteiger partial charge in [0.2, 0.25) is 5.88 Å². The maximum absolute atomic E-state index is 10.7. The molecule has 0 amide bonds. The van der Waals surface area contributed by atoms with Gasteiger partial charge in [-0.05, 0) is 25.7 Å². The molecule has 1 aliphatic carbocycles. The average Bonchev–Trinajstić information content (AvgIpc) is 2.91. The zero-order valence-electron chi connectivity index (χ0n) is 10.2. The van der Waals surface area contributed by atoms with Gasteiger partial charge in [0.25, 0.3) is 5.69 Å². The molecular weight excluding hydrogens is 252 g/mol. The van der Waals surface area contributed by atoms with Gasteiger partial charge in [0.15, 0.2) is 5.84 Å². The van der Waals surface area contributed by atoms with Gasteiger partial charge in [0.05, 0.1) is 10.5 Å². The molecule has 2 rings (SSSR count). The molecule has 0 radical (unpaired) electrons. The lowest BCUT2D eigenvalue weighted by Gasteiger charge is -2.14. The maximum atomic E-state index is 10.7. The van der Waals surface area contributed by atoms with Crippen LogP contribution in [0, 0.1) is 10.1 Å². The minimum Gasteiger partial charge on any atom is -0.474 e. The minimum absolute atomic E-state index is 0.0270. The van der Waals surface area contributed by atoms with Gasteiger partial charge in [-0.15, -0.1) is 0 Å². The number of nitrogens with two attached hydrogens (primary N) is 1. The van der Waals surface area contributed by atoms with Crippen LogP contribution in [0.3, 0.4) is 0 Å². The molecule has 0 aliphatic heterocycles. The van der Waals surface area contributed by atoms with Crippen molar-refractivity contribution in [2.24, 2.45) is 10.9 Å². The fraction of sp³-hybridized carbons (Fsp3) is 0.455. The smallest absolute Gasteiger partial charge is 0.288 e. The minimum atomic E-state index is -0.597. The zero-order valence-corrected chi connectivity index (χ0v) is 10.2. The van der Waals surface area contributed by atoms with E-state index in [1.807, 2.05) is 0 Å². The molecular formula is C11H14N4O4. The number of hydrogen-bond donors (Lipinski definition) is 2. The molecule has 8 heteroatoms. The Morgan fingerprint density at radius 2 is 2.26 bits per heavy atom. The number of rotatable bonds is 4. The molecule has 1 aliphatic rings. The first-order valence-corrected chi connectivity index (χ1v) is 5.91. The number of amidine groups is 1. The number of ether oxygens (including phenoxy) is 1. The van der Waals surface area contributed by atoms with Crippen LogP contribution in [-0.4, -0.2) is 27.1 Å². The van der Waals surface area contributed by atoms with E-state index >= 15 is 0 Å². The summed E-state index contributed by atoms with van der Waals surface area (Å²) in [6.45, 7) is 0. The second-order valence-corrected chi connectivity index (χ2v) is 4.31. The van der Waals surface area contributed by atoms with Crippen LogP contribution in [-0.2, 0) is 0 Å². The molecule has 1 aromatic heterocycles. The molecule has 1 heterocycles. The van der Waals surface area contributed by atoms with Crippen molar-refractivity contribution >= 4 is 11.5 Å². The molecule has 0 spiro atoms. The summed E-state index contributed by atoms with van der Waals surface area (Å²) in [5.41, 5.74) is 5.39. The van der Waals surface area contributed by atoms with Crippen molar-refractivity contribution in [1.82, 2.24) is 4.98 Å². The number of nitrogens with zero attached hydrogens (tertiary/aromatic N) is 3. The van der Waals surface area contributed by atoms with Crippen molar-refractivity contribution in [3.63, 3.8) is 0 Å². The van der Waals surface area contributed by atoms with Crippen molar-refractivity contribution in [2.75, 3.05) is 0 Å². The second kappa shape index (κ2) is 5.51. The highest BCUT2D eigenvalue weighted by Gasteiger charge is 2.22. The molecule has 0 aromatic carbocycles. The average molecular weight is 266 g/mol. The lowest BCUT2D eigenvalue weighted by molar-refractivity contribution is -0.385. The molecule has 0 saturated heterocycles. The summed E-state index contributed by atoms with van der Waals surface area (Å²) in [4.78, 5) is 14.0. The molecule has 1 fully saturated rings. The summed E-state index contributed by atoms with van der Waals surface area (Å²) in [6, 6.07) is 1.19. The summed E-state index contributed by atoms with van der Waals surface area (Å²) in [5, 5.41) is 22.3. The Kier molecular flexibility index (Phi) is 3.79. The molecule has 8 nitrogen and oxygen atoms in total. The first-order valence-electron chi connectivity index (χ1n) is 5.91. The molecule has 3 N–H and O–H groups in total. The van der Waals surface area contributed by atoms with E-state index in [1.54, 1.807) is 0 Å². The summed E-state index contributed by atoms with van der Waals surface area (Å²) in [5.74, 6) is -0.100. The number of nitro groups is 1. The Morgan fingerprint density at radius 1 is 1.58 bits per heavy atom. The third-order valence-electron chi connectivity index (χ3n) is 3.01. The summed E-state index contributed by atoms with van der Waals surface area (Å²) in [7, 11) is 0. The van der Waals surface area contributed by atoms with Crippen LogP contribution in [0.2, 0.25) is 0 Å². The van der Waals surface area contributed by atoms with Crippen LogP contribution in [0.1, 0.15) is 31.2 Å². The molecule has 102 valence electrons. The highest BCUT2D eigenvalue weighted by molar-refractivity contribution is 5.99. The van der Waals surface area contributed by atoms with Crippen LogP contribution in [0.4, 0.5) is 5.69 Å². The van der Waals surface area contributed by atoms with E-state index in [0.29, 0.717) is 0 Å². The van der Waals surface area contributed by atoms with Gasteiger partial charge in [-0.1, -0.05) is 5.16 Å². The van der Waals surface area contributed by atoms with E-state index in [2.05, 4.69) is 10.1 Å². The van der Waals surface area contributed by atoms with Crippen LogP contribution in [0.5, 0.6) is 5.88 Å². The van der Waals surface area contributed by atoms with Crippen molar-refractivity contribution < 1.29 is 14.9 Å². The van der Waals surface area contributed by atoms with Crippen molar-refractivity contribution in [1.29, 1.82) is 0 Å². The van der Waals surface area contributed by atoms with Gasteiger partial charge in [0.1, 0.15) is 12.3 Å². The quantitative estimate of drug-likeness (QED) is 0.279. The van der Waals surface area contributed by atoms with Gasteiger partial charge in [0, 0.05) is 6.07 Å². The van der Waals surface area contributed by atoms with E-state index in [9.17, 15) is 10.1 Å². The normalized spacial score (nSPS) is 16.5.